The third kappa shape index (κ3) is 4.26. The van der Waals surface area contributed by atoms with Gasteiger partial charge in [-0.25, -0.2) is 0 Å². The van der Waals surface area contributed by atoms with Gasteiger partial charge in [0.05, 0.1) is 26.2 Å². The minimum Gasteiger partial charge on any atom is -0.497 e. The van der Waals surface area contributed by atoms with E-state index in [1.54, 1.807) is 24.0 Å². The molecule has 4 aromatic carbocycles. The van der Waals surface area contributed by atoms with Crippen LogP contribution >= 0.6 is 0 Å². The van der Waals surface area contributed by atoms with E-state index in [2.05, 4.69) is 0 Å². The third-order valence-corrected chi connectivity index (χ3v) is 7.45. The zero-order valence-corrected chi connectivity index (χ0v) is 21.6. The van der Waals surface area contributed by atoms with E-state index < -0.39 is 18.1 Å². The number of benzene rings is 4. The van der Waals surface area contributed by atoms with Gasteiger partial charge in [-0.3, -0.25) is 14.5 Å². The SMILES string of the molecule is COc1ccc(N2C(=O)[C@@H](Oc3ccccc3)[C@H]2[C@@H]2[C@H](c3ccccc3)C(=O)N2c2ccc(OC)cc2)cc1. The summed E-state index contributed by atoms with van der Waals surface area (Å²) >= 11 is 0. The molecule has 0 aromatic heterocycles. The first kappa shape index (κ1) is 24.6. The fraction of sp³-hybridized carbons (Fsp3) is 0.188. The number of β-lactam (4-membered cyclic amide) rings is 2. The van der Waals surface area contributed by atoms with Gasteiger partial charge in [0.25, 0.3) is 5.91 Å². The lowest BCUT2D eigenvalue weighted by Crippen LogP contribution is -2.79. The van der Waals surface area contributed by atoms with Crippen LogP contribution in [0.3, 0.4) is 0 Å². The van der Waals surface area contributed by atoms with Crippen molar-refractivity contribution in [3.63, 3.8) is 0 Å². The molecular formula is C32H28N2O5. The summed E-state index contributed by atoms with van der Waals surface area (Å²) in [6.45, 7) is 0. The predicted octanol–water partition coefficient (Wildman–Crippen LogP) is 5.07. The molecule has 0 radical (unpaired) electrons. The Labute approximate surface area is 227 Å². The molecule has 0 unspecified atom stereocenters. The highest BCUT2D eigenvalue weighted by atomic mass is 16.5. The van der Waals surface area contributed by atoms with E-state index in [0.717, 1.165) is 16.9 Å². The Kier molecular flexibility index (Phi) is 6.40. The number of hydrogen-bond donors (Lipinski definition) is 0. The average molecular weight is 521 g/mol. The van der Waals surface area contributed by atoms with E-state index in [9.17, 15) is 9.59 Å². The first-order valence-corrected chi connectivity index (χ1v) is 12.8. The molecule has 0 spiro atoms. The number of amides is 2. The molecule has 0 aliphatic carbocycles. The van der Waals surface area contributed by atoms with Crippen LogP contribution in [-0.4, -0.2) is 44.2 Å². The van der Waals surface area contributed by atoms with Crippen molar-refractivity contribution in [2.24, 2.45) is 0 Å². The molecule has 2 heterocycles. The summed E-state index contributed by atoms with van der Waals surface area (Å²) in [7, 11) is 3.21. The van der Waals surface area contributed by atoms with Gasteiger partial charge in [0.1, 0.15) is 23.3 Å². The Morgan fingerprint density at radius 1 is 0.538 bits per heavy atom. The standard InChI is InChI=1S/C32H28N2O5/c1-37-24-17-13-22(14-18-24)33-28(27(31(33)35)21-9-5-3-6-10-21)29-30(39-26-11-7-4-8-12-26)32(36)34(29)23-15-19-25(38-2)20-16-23/h3-20,27-30H,1-2H3/t27-,28-,29+,30-/m0/s1. The molecule has 39 heavy (non-hydrogen) atoms. The number of anilines is 2. The van der Waals surface area contributed by atoms with Gasteiger partial charge in [0.2, 0.25) is 5.91 Å². The second-order valence-electron chi connectivity index (χ2n) is 9.53. The van der Waals surface area contributed by atoms with Crippen molar-refractivity contribution in [2.75, 3.05) is 24.0 Å². The van der Waals surface area contributed by atoms with Crippen LogP contribution in [0.25, 0.3) is 0 Å². The van der Waals surface area contributed by atoms with Crippen LogP contribution in [-0.2, 0) is 9.59 Å². The number of carbonyl (C=O) groups excluding carboxylic acids is 2. The van der Waals surface area contributed by atoms with E-state index in [4.69, 9.17) is 14.2 Å². The quantitative estimate of drug-likeness (QED) is 0.304. The maximum absolute atomic E-state index is 13.8. The molecule has 0 saturated carbocycles. The molecule has 2 saturated heterocycles. The maximum atomic E-state index is 13.8. The van der Waals surface area contributed by atoms with Crippen molar-refractivity contribution in [2.45, 2.75) is 24.1 Å². The Balaban J connectivity index is 1.44. The van der Waals surface area contributed by atoms with Crippen molar-refractivity contribution >= 4 is 23.2 Å². The number of rotatable bonds is 8. The normalized spacial score (nSPS) is 22.1. The predicted molar refractivity (Wildman–Crippen MR) is 149 cm³/mol. The Hall–Kier alpha value is -4.78. The molecule has 2 fully saturated rings. The fourth-order valence-corrected chi connectivity index (χ4v) is 5.53. The second kappa shape index (κ2) is 10.2. The van der Waals surface area contributed by atoms with Crippen LogP contribution in [0, 0.1) is 0 Å². The monoisotopic (exact) mass is 520 g/mol. The van der Waals surface area contributed by atoms with Crippen LogP contribution < -0.4 is 24.0 Å². The highest BCUT2D eigenvalue weighted by molar-refractivity contribution is 6.11. The largest absolute Gasteiger partial charge is 0.497 e. The number of hydrogen-bond acceptors (Lipinski definition) is 5. The number of nitrogens with zero attached hydrogens (tertiary/aromatic N) is 2. The Bertz CT molecular complexity index is 1460. The lowest BCUT2D eigenvalue weighted by atomic mass is 9.72. The number of ether oxygens (including phenoxy) is 3. The summed E-state index contributed by atoms with van der Waals surface area (Å²) in [5, 5.41) is 0. The molecule has 4 aromatic rings. The van der Waals surface area contributed by atoms with Crippen LogP contribution in [0.15, 0.2) is 109 Å². The minimum atomic E-state index is -0.764. The van der Waals surface area contributed by atoms with Gasteiger partial charge in [-0.2, -0.15) is 0 Å². The lowest BCUT2D eigenvalue weighted by Gasteiger charge is -2.58. The lowest BCUT2D eigenvalue weighted by molar-refractivity contribution is -0.140. The second-order valence-corrected chi connectivity index (χ2v) is 9.53. The molecule has 196 valence electrons. The van der Waals surface area contributed by atoms with Crippen LogP contribution in [0.2, 0.25) is 0 Å². The van der Waals surface area contributed by atoms with Crippen LogP contribution in [0.1, 0.15) is 11.5 Å². The first-order chi connectivity index (χ1) is 19.1. The van der Waals surface area contributed by atoms with Crippen LogP contribution in [0.5, 0.6) is 17.2 Å². The topological polar surface area (TPSA) is 68.3 Å². The van der Waals surface area contributed by atoms with E-state index in [1.807, 2.05) is 109 Å². The number of methoxy groups -OCH3 is 2. The van der Waals surface area contributed by atoms with E-state index >= 15 is 0 Å². The zero-order valence-electron chi connectivity index (χ0n) is 21.6. The molecular weight excluding hydrogens is 492 g/mol. The van der Waals surface area contributed by atoms with Crippen molar-refractivity contribution < 1.29 is 23.8 Å². The summed E-state index contributed by atoms with van der Waals surface area (Å²) in [5.41, 5.74) is 2.37. The summed E-state index contributed by atoms with van der Waals surface area (Å²) in [5.74, 6) is 1.38. The van der Waals surface area contributed by atoms with Gasteiger partial charge in [0.15, 0.2) is 6.10 Å². The van der Waals surface area contributed by atoms with Gasteiger partial charge in [-0.15, -0.1) is 0 Å². The third-order valence-electron chi connectivity index (χ3n) is 7.45. The van der Waals surface area contributed by atoms with Crippen LogP contribution in [0.4, 0.5) is 11.4 Å². The number of para-hydroxylation sites is 1. The summed E-state index contributed by atoms with van der Waals surface area (Å²) < 4.78 is 16.9. The zero-order chi connectivity index (χ0) is 26.9. The molecule has 2 aliphatic rings. The molecule has 4 atom stereocenters. The molecule has 0 N–H and O–H groups in total. The summed E-state index contributed by atoms with van der Waals surface area (Å²) in [6.07, 6.45) is -0.764. The van der Waals surface area contributed by atoms with Gasteiger partial charge >= 0.3 is 0 Å². The van der Waals surface area contributed by atoms with Gasteiger partial charge < -0.3 is 19.1 Å². The van der Waals surface area contributed by atoms with E-state index in [0.29, 0.717) is 17.2 Å². The van der Waals surface area contributed by atoms with E-state index in [-0.39, 0.29) is 17.9 Å². The Morgan fingerprint density at radius 2 is 1.03 bits per heavy atom. The van der Waals surface area contributed by atoms with Crippen molar-refractivity contribution in [3.8, 4) is 17.2 Å². The summed E-state index contributed by atoms with van der Waals surface area (Å²) in [6, 6.07) is 33.0. The fourth-order valence-electron chi connectivity index (χ4n) is 5.53. The Morgan fingerprint density at radius 3 is 1.54 bits per heavy atom. The minimum absolute atomic E-state index is 0.0242. The highest BCUT2D eigenvalue weighted by Gasteiger charge is 2.63. The van der Waals surface area contributed by atoms with Crippen molar-refractivity contribution in [3.05, 3.63) is 115 Å². The molecule has 2 amide bonds. The highest BCUT2D eigenvalue weighted by Crippen LogP contribution is 2.47. The van der Waals surface area contributed by atoms with Gasteiger partial charge in [-0.1, -0.05) is 48.5 Å². The number of carbonyl (C=O) groups is 2. The average Bonchev–Trinajstić information content (AvgIpc) is 2.99. The summed E-state index contributed by atoms with van der Waals surface area (Å²) in [4.78, 5) is 31.0. The van der Waals surface area contributed by atoms with E-state index in [1.165, 1.54) is 0 Å². The maximum Gasteiger partial charge on any atom is 0.270 e. The molecule has 2 aliphatic heterocycles. The van der Waals surface area contributed by atoms with Gasteiger partial charge in [0, 0.05) is 11.4 Å². The smallest absolute Gasteiger partial charge is 0.270 e. The molecule has 7 heteroatoms. The van der Waals surface area contributed by atoms with Gasteiger partial charge in [-0.05, 0) is 66.2 Å². The molecule has 0 bridgehead atoms. The molecule has 7 nitrogen and oxygen atoms in total. The van der Waals surface area contributed by atoms with Crippen molar-refractivity contribution in [1.29, 1.82) is 0 Å². The van der Waals surface area contributed by atoms with Crippen molar-refractivity contribution in [1.82, 2.24) is 0 Å². The first-order valence-electron chi connectivity index (χ1n) is 12.8. The molecule has 6 rings (SSSR count).